The number of rotatable bonds is 5. The first-order valence-corrected chi connectivity index (χ1v) is 7.20. The topological polar surface area (TPSA) is 24.5 Å². The molecule has 0 aliphatic carbocycles. The number of ether oxygens (including phenoxy) is 1. The zero-order chi connectivity index (χ0) is 15.4. The molecule has 0 aliphatic heterocycles. The van der Waals surface area contributed by atoms with Crippen LogP contribution in [0, 0.1) is 6.92 Å². The Labute approximate surface area is 127 Å². The summed E-state index contributed by atoms with van der Waals surface area (Å²) in [6.45, 7) is 4.26. The summed E-state index contributed by atoms with van der Waals surface area (Å²) in [6, 6.07) is 14.8. The van der Waals surface area contributed by atoms with Gasteiger partial charge in [0, 0.05) is 19.7 Å². The number of nitrogens with zero attached hydrogens (tertiary/aromatic N) is 1. The van der Waals surface area contributed by atoms with E-state index < -0.39 is 0 Å². The van der Waals surface area contributed by atoms with Crippen molar-refractivity contribution in [2.45, 2.75) is 19.9 Å². The smallest absolute Gasteiger partial charge is 0.124 e. The Balaban J connectivity index is 2.30. The Kier molecular flexibility index (Phi) is 4.73. The summed E-state index contributed by atoms with van der Waals surface area (Å²) in [7, 11) is 5.82. The SMILES string of the molecule is COc1ccc(C)cc1C(C)Nc1ccccc1N(C)C. The minimum absolute atomic E-state index is 0.168. The largest absolute Gasteiger partial charge is 0.496 e. The first-order chi connectivity index (χ1) is 10.0. The number of methoxy groups -OCH3 is 1. The number of hydrogen-bond acceptors (Lipinski definition) is 3. The molecular weight excluding hydrogens is 260 g/mol. The molecule has 112 valence electrons. The van der Waals surface area contributed by atoms with Crippen LogP contribution in [0.1, 0.15) is 24.1 Å². The molecule has 0 aliphatic rings. The molecule has 1 atom stereocenters. The number of hydrogen-bond donors (Lipinski definition) is 1. The summed E-state index contributed by atoms with van der Waals surface area (Å²) in [5.41, 5.74) is 4.71. The second-order valence-electron chi connectivity index (χ2n) is 5.52. The van der Waals surface area contributed by atoms with E-state index in [-0.39, 0.29) is 6.04 Å². The predicted octanol–water partition coefficient (Wildman–Crippen LogP) is 4.24. The molecule has 0 spiro atoms. The molecule has 0 fully saturated rings. The Morgan fingerprint density at radius 3 is 2.48 bits per heavy atom. The van der Waals surface area contributed by atoms with Crippen molar-refractivity contribution < 1.29 is 4.74 Å². The van der Waals surface area contributed by atoms with Crippen molar-refractivity contribution in [3.05, 3.63) is 53.6 Å². The van der Waals surface area contributed by atoms with Crippen LogP contribution in [-0.4, -0.2) is 21.2 Å². The van der Waals surface area contributed by atoms with E-state index in [2.05, 4.69) is 74.6 Å². The highest BCUT2D eigenvalue weighted by molar-refractivity contribution is 5.70. The van der Waals surface area contributed by atoms with Gasteiger partial charge in [0.2, 0.25) is 0 Å². The van der Waals surface area contributed by atoms with Gasteiger partial charge in [-0.05, 0) is 32.0 Å². The van der Waals surface area contributed by atoms with Crippen LogP contribution in [0.4, 0.5) is 11.4 Å². The van der Waals surface area contributed by atoms with Crippen LogP contribution in [0.5, 0.6) is 5.75 Å². The van der Waals surface area contributed by atoms with Crippen molar-refractivity contribution >= 4 is 11.4 Å². The van der Waals surface area contributed by atoms with E-state index in [0.717, 1.165) is 11.4 Å². The standard InChI is InChI=1S/C18H24N2O/c1-13-10-11-18(21-5)15(12-13)14(2)19-16-8-6-7-9-17(16)20(3)4/h6-12,14,19H,1-5H3. The molecule has 21 heavy (non-hydrogen) atoms. The fourth-order valence-electron chi connectivity index (χ4n) is 2.49. The summed E-state index contributed by atoms with van der Waals surface area (Å²) in [4.78, 5) is 2.11. The third-order valence-electron chi connectivity index (χ3n) is 3.61. The molecule has 3 heteroatoms. The number of nitrogens with one attached hydrogen (secondary N) is 1. The van der Waals surface area contributed by atoms with E-state index >= 15 is 0 Å². The minimum atomic E-state index is 0.168. The van der Waals surface area contributed by atoms with Gasteiger partial charge in [-0.1, -0.05) is 29.8 Å². The molecule has 0 heterocycles. The van der Waals surface area contributed by atoms with Crippen molar-refractivity contribution in [2.75, 3.05) is 31.4 Å². The van der Waals surface area contributed by atoms with Gasteiger partial charge < -0.3 is 15.0 Å². The van der Waals surface area contributed by atoms with Gasteiger partial charge in [-0.2, -0.15) is 0 Å². The second kappa shape index (κ2) is 6.53. The molecule has 1 unspecified atom stereocenters. The molecule has 0 saturated carbocycles. The van der Waals surface area contributed by atoms with Gasteiger partial charge in [0.25, 0.3) is 0 Å². The van der Waals surface area contributed by atoms with Crippen LogP contribution in [0.2, 0.25) is 0 Å². The minimum Gasteiger partial charge on any atom is -0.496 e. The molecule has 0 bridgehead atoms. The molecule has 0 aromatic heterocycles. The van der Waals surface area contributed by atoms with Crippen LogP contribution in [0.25, 0.3) is 0 Å². The third-order valence-corrected chi connectivity index (χ3v) is 3.61. The van der Waals surface area contributed by atoms with Gasteiger partial charge in [0.1, 0.15) is 5.75 Å². The van der Waals surface area contributed by atoms with E-state index in [9.17, 15) is 0 Å². The molecule has 1 N–H and O–H groups in total. The first-order valence-electron chi connectivity index (χ1n) is 7.20. The summed E-state index contributed by atoms with van der Waals surface area (Å²) in [5.74, 6) is 0.919. The lowest BCUT2D eigenvalue weighted by Crippen LogP contribution is -2.14. The molecular formula is C18H24N2O. The van der Waals surface area contributed by atoms with Gasteiger partial charge in [-0.25, -0.2) is 0 Å². The highest BCUT2D eigenvalue weighted by Gasteiger charge is 2.13. The number of para-hydroxylation sites is 2. The Hall–Kier alpha value is -2.16. The Morgan fingerprint density at radius 2 is 1.81 bits per heavy atom. The molecule has 2 aromatic rings. The molecule has 3 nitrogen and oxygen atoms in total. The quantitative estimate of drug-likeness (QED) is 0.888. The first kappa shape index (κ1) is 15.2. The summed E-state index contributed by atoms with van der Waals surface area (Å²) in [5, 5.41) is 3.59. The maximum Gasteiger partial charge on any atom is 0.124 e. The van der Waals surface area contributed by atoms with Crippen LogP contribution in [0.3, 0.4) is 0 Å². The fourth-order valence-corrected chi connectivity index (χ4v) is 2.49. The molecule has 2 aromatic carbocycles. The number of benzene rings is 2. The second-order valence-corrected chi connectivity index (χ2v) is 5.52. The summed E-state index contributed by atoms with van der Waals surface area (Å²) < 4.78 is 5.49. The van der Waals surface area contributed by atoms with Gasteiger partial charge in [0.15, 0.2) is 0 Å². The van der Waals surface area contributed by atoms with Gasteiger partial charge in [-0.3, -0.25) is 0 Å². The fraction of sp³-hybridized carbons (Fsp3) is 0.333. The number of aryl methyl sites for hydroxylation is 1. The third kappa shape index (κ3) is 3.48. The van der Waals surface area contributed by atoms with Gasteiger partial charge in [0.05, 0.1) is 24.5 Å². The van der Waals surface area contributed by atoms with E-state index in [1.54, 1.807) is 7.11 Å². The highest BCUT2D eigenvalue weighted by Crippen LogP contribution is 2.32. The lowest BCUT2D eigenvalue weighted by Gasteiger charge is -2.23. The summed E-state index contributed by atoms with van der Waals surface area (Å²) in [6.07, 6.45) is 0. The zero-order valence-corrected chi connectivity index (χ0v) is 13.5. The Bertz CT molecular complexity index is 608. The van der Waals surface area contributed by atoms with Crippen LogP contribution in [-0.2, 0) is 0 Å². The zero-order valence-electron chi connectivity index (χ0n) is 13.5. The van der Waals surface area contributed by atoms with E-state index in [0.29, 0.717) is 0 Å². The van der Waals surface area contributed by atoms with Crippen LogP contribution in [0.15, 0.2) is 42.5 Å². The normalized spacial score (nSPS) is 11.9. The monoisotopic (exact) mass is 284 g/mol. The van der Waals surface area contributed by atoms with Crippen molar-refractivity contribution in [2.24, 2.45) is 0 Å². The predicted molar refractivity (Wildman–Crippen MR) is 90.5 cm³/mol. The number of anilines is 2. The Morgan fingerprint density at radius 1 is 1.10 bits per heavy atom. The molecule has 0 amide bonds. The average Bonchev–Trinajstić information content (AvgIpc) is 2.47. The highest BCUT2D eigenvalue weighted by atomic mass is 16.5. The van der Waals surface area contributed by atoms with Gasteiger partial charge in [-0.15, -0.1) is 0 Å². The van der Waals surface area contributed by atoms with E-state index in [4.69, 9.17) is 4.74 Å². The molecule has 0 saturated heterocycles. The maximum atomic E-state index is 5.49. The molecule has 0 radical (unpaired) electrons. The van der Waals surface area contributed by atoms with Crippen molar-refractivity contribution in [1.29, 1.82) is 0 Å². The van der Waals surface area contributed by atoms with Crippen molar-refractivity contribution in [1.82, 2.24) is 0 Å². The average molecular weight is 284 g/mol. The van der Waals surface area contributed by atoms with Gasteiger partial charge >= 0.3 is 0 Å². The van der Waals surface area contributed by atoms with E-state index in [1.807, 2.05) is 6.07 Å². The molecule has 2 rings (SSSR count). The lowest BCUT2D eigenvalue weighted by molar-refractivity contribution is 0.408. The van der Waals surface area contributed by atoms with Crippen LogP contribution >= 0.6 is 0 Å². The maximum absolute atomic E-state index is 5.49. The van der Waals surface area contributed by atoms with E-state index in [1.165, 1.54) is 16.8 Å². The van der Waals surface area contributed by atoms with Crippen molar-refractivity contribution in [3.8, 4) is 5.75 Å². The lowest BCUT2D eigenvalue weighted by atomic mass is 10.0. The van der Waals surface area contributed by atoms with Crippen molar-refractivity contribution in [3.63, 3.8) is 0 Å². The summed E-state index contributed by atoms with van der Waals surface area (Å²) >= 11 is 0. The van der Waals surface area contributed by atoms with Crippen LogP contribution < -0.4 is 15.0 Å².